The van der Waals surface area contributed by atoms with E-state index in [9.17, 15) is 9.59 Å². The lowest BCUT2D eigenvalue weighted by Gasteiger charge is -2.16. The number of nitrogens with two attached hydrogens (primary N) is 1. The minimum absolute atomic E-state index is 0.334. The summed E-state index contributed by atoms with van der Waals surface area (Å²) < 4.78 is 11.1. The van der Waals surface area contributed by atoms with Crippen molar-refractivity contribution in [2.24, 2.45) is 17.0 Å². The Morgan fingerprint density at radius 2 is 1.27 bits per heavy atom. The number of ether oxygens (including phenoxy) is 2. The molecule has 0 spiro atoms. The molecule has 1 rings (SSSR count). The highest BCUT2D eigenvalue weighted by Crippen LogP contribution is 2.21. The molecule has 0 radical (unpaired) electrons. The summed E-state index contributed by atoms with van der Waals surface area (Å²) in [5.41, 5.74) is 0.668. The number of hydrogen-bond donors (Lipinski definition) is 1. The van der Waals surface area contributed by atoms with Crippen LogP contribution in [0.15, 0.2) is 23.1 Å². The number of unbranched alkanes of at least 4 members (excludes halogenated alkanes) is 2. The van der Waals surface area contributed by atoms with Crippen molar-refractivity contribution in [2.45, 2.75) is 84.0 Å². The van der Waals surface area contributed by atoms with E-state index in [0.29, 0.717) is 41.1 Å². The van der Waals surface area contributed by atoms with Crippen molar-refractivity contribution in [2.75, 3.05) is 13.2 Å². The molecular weight excluding hydrogens is 398 g/mol. The molecule has 0 aliphatic carbocycles. The van der Waals surface area contributed by atoms with Crippen LogP contribution in [0.2, 0.25) is 0 Å². The molecule has 0 aliphatic rings. The van der Waals surface area contributed by atoms with Crippen molar-refractivity contribution in [1.29, 1.82) is 0 Å². The van der Waals surface area contributed by atoms with Gasteiger partial charge in [-0.25, -0.2) is 9.59 Å². The number of carbonyl (C=O) groups excluding carboxylic acids is 2. The van der Waals surface area contributed by atoms with Crippen molar-refractivity contribution < 1.29 is 19.1 Å². The minimum atomic E-state index is -0.427. The molecule has 2 N–H and O–H groups in total. The third-order valence-electron chi connectivity index (χ3n) is 5.50. The van der Waals surface area contributed by atoms with Gasteiger partial charge in [0.1, 0.15) is 0 Å². The molecule has 0 aromatic heterocycles. The Bertz CT molecular complexity index is 600. The van der Waals surface area contributed by atoms with Gasteiger partial charge in [0, 0.05) is 4.90 Å². The second kappa shape index (κ2) is 15.3. The maximum Gasteiger partial charge on any atom is 0.338 e. The summed E-state index contributed by atoms with van der Waals surface area (Å²) >= 11 is 0.996. The van der Waals surface area contributed by atoms with Crippen LogP contribution in [0.3, 0.4) is 0 Å². The second-order valence-electron chi connectivity index (χ2n) is 7.89. The smallest absolute Gasteiger partial charge is 0.338 e. The van der Waals surface area contributed by atoms with Crippen LogP contribution in [0.5, 0.6) is 0 Å². The van der Waals surface area contributed by atoms with Crippen LogP contribution in [0.1, 0.15) is 99.8 Å². The first kappa shape index (κ1) is 26.5. The van der Waals surface area contributed by atoms with Gasteiger partial charge in [-0.2, -0.15) is 0 Å². The van der Waals surface area contributed by atoms with Gasteiger partial charge >= 0.3 is 11.9 Å². The van der Waals surface area contributed by atoms with Gasteiger partial charge in [0.25, 0.3) is 0 Å². The largest absolute Gasteiger partial charge is 0.462 e. The summed E-state index contributed by atoms with van der Waals surface area (Å²) in [5, 5.41) is 5.70. The van der Waals surface area contributed by atoms with Crippen LogP contribution >= 0.6 is 11.9 Å². The molecule has 0 amide bonds. The zero-order chi connectivity index (χ0) is 22.4. The van der Waals surface area contributed by atoms with E-state index in [0.717, 1.165) is 63.3 Å². The first-order chi connectivity index (χ1) is 14.5. The molecule has 5 nitrogen and oxygen atoms in total. The van der Waals surface area contributed by atoms with E-state index in [1.807, 2.05) is 0 Å². The first-order valence-corrected chi connectivity index (χ1v) is 12.2. The Balaban J connectivity index is 2.79. The highest BCUT2D eigenvalue weighted by atomic mass is 32.2. The molecule has 1 aromatic rings. The van der Waals surface area contributed by atoms with Crippen molar-refractivity contribution in [3.05, 3.63) is 29.3 Å². The summed E-state index contributed by atoms with van der Waals surface area (Å²) in [6.45, 7) is 9.31. The molecule has 2 unspecified atom stereocenters. The molecule has 0 saturated carbocycles. The van der Waals surface area contributed by atoms with Crippen molar-refractivity contribution >= 4 is 23.9 Å². The monoisotopic (exact) mass is 437 g/mol. The molecule has 0 heterocycles. The second-order valence-corrected chi connectivity index (χ2v) is 8.60. The van der Waals surface area contributed by atoms with Gasteiger partial charge in [-0.15, -0.1) is 0 Å². The van der Waals surface area contributed by atoms with Crippen LogP contribution in [0.4, 0.5) is 0 Å². The summed E-state index contributed by atoms with van der Waals surface area (Å²) in [7, 11) is 0. The van der Waals surface area contributed by atoms with E-state index in [2.05, 4.69) is 27.7 Å². The Morgan fingerprint density at radius 3 is 1.60 bits per heavy atom. The van der Waals surface area contributed by atoms with Crippen LogP contribution in [0.25, 0.3) is 0 Å². The molecule has 0 fully saturated rings. The van der Waals surface area contributed by atoms with Crippen molar-refractivity contribution in [1.82, 2.24) is 0 Å². The zero-order valence-electron chi connectivity index (χ0n) is 19.1. The fourth-order valence-corrected chi connectivity index (χ4v) is 3.64. The van der Waals surface area contributed by atoms with Crippen LogP contribution in [-0.2, 0) is 9.47 Å². The van der Waals surface area contributed by atoms with E-state index in [1.54, 1.807) is 18.2 Å². The van der Waals surface area contributed by atoms with Gasteiger partial charge in [0.05, 0.1) is 24.3 Å². The van der Waals surface area contributed by atoms with E-state index in [4.69, 9.17) is 14.6 Å². The average Bonchev–Trinajstić information content (AvgIpc) is 2.78. The van der Waals surface area contributed by atoms with Gasteiger partial charge < -0.3 is 9.47 Å². The summed E-state index contributed by atoms with van der Waals surface area (Å²) in [6.07, 6.45) is 8.55. The predicted octanol–water partition coefficient (Wildman–Crippen LogP) is 6.40. The van der Waals surface area contributed by atoms with Gasteiger partial charge in [-0.05, 0) is 54.8 Å². The SMILES string of the molecule is CCCCC(CC)COC(=O)c1cc(SN)cc(C(=O)OCC(CC)CCCC)c1. The number of rotatable bonds is 15. The maximum atomic E-state index is 12.6. The summed E-state index contributed by atoms with van der Waals surface area (Å²) in [5.74, 6) is -0.132. The van der Waals surface area contributed by atoms with Gasteiger partial charge in [-0.1, -0.05) is 66.2 Å². The first-order valence-electron chi connectivity index (χ1n) is 11.3. The molecule has 0 aliphatic heterocycles. The molecule has 6 heteroatoms. The Hall–Kier alpha value is -1.53. The number of esters is 2. The lowest BCUT2D eigenvalue weighted by atomic mass is 10.0. The topological polar surface area (TPSA) is 78.6 Å². The van der Waals surface area contributed by atoms with Gasteiger partial charge in [0.15, 0.2) is 0 Å². The summed E-state index contributed by atoms with van der Waals surface area (Å²) in [6, 6.07) is 4.87. The van der Waals surface area contributed by atoms with Crippen LogP contribution in [0, 0.1) is 11.8 Å². The van der Waals surface area contributed by atoms with E-state index in [-0.39, 0.29) is 0 Å². The van der Waals surface area contributed by atoms with Crippen molar-refractivity contribution in [3.63, 3.8) is 0 Å². The fourth-order valence-electron chi connectivity index (χ4n) is 3.25. The fraction of sp³-hybridized carbons (Fsp3) is 0.667. The van der Waals surface area contributed by atoms with E-state index < -0.39 is 11.9 Å². The van der Waals surface area contributed by atoms with Crippen molar-refractivity contribution in [3.8, 4) is 0 Å². The Kier molecular flexibility index (Phi) is 13.5. The number of hydrogen-bond acceptors (Lipinski definition) is 6. The molecule has 170 valence electrons. The highest BCUT2D eigenvalue weighted by molar-refractivity contribution is 7.97. The third kappa shape index (κ3) is 9.52. The minimum Gasteiger partial charge on any atom is -0.462 e. The highest BCUT2D eigenvalue weighted by Gasteiger charge is 2.18. The Labute approximate surface area is 186 Å². The maximum absolute atomic E-state index is 12.6. The molecule has 0 bridgehead atoms. The van der Waals surface area contributed by atoms with Gasteiger partial charge in [-0.3, -0.25) is 5.14 Å². The van der Waals surface area contributed by atoms with Crippen LogP contribution < -0.4 is 5.14 Å². The predicted molar refractivity (Wildman–Crippen MR) is 124 cm³/mol. The molecule has 2 atom stereocenters. The van der Waals surface area contributed by atoms with Crippen LogP contribution in [-0.4, -0.2) is 25.2 Å². The normalized spacial score (nSPS) is 13.0. The Morgan fingerprint density at radius 1 is 0.833 bits per heavy atom. The van der Waals surface area contributed by atoms with E-state index in [1.165, 1.54) is 0 Å². The van der Waals surface area contributed by atoms with E-state index >= 15 is 0 Å². The molecule has 0 saturated heterocycles. The van der Waals surface area contributed by atoms with Gasteiger partial charge in [0.2, 0.25) is 0 Å². The molecule has 30 heavy (non-hydrogen) atoms. The molecular formula is C24H39NO4S. The molecule has 1 aromatic carbocycles. The number of carbonyl (C=O) groups is 2. The number of benzene rings is 1. The standard InChI is InChI=1S/C24H39NO4S/c1-5-9-11-18(7-3)16-28-23(26)20-13-21(15-22(14-20)30-25)24(27)29-17-19(8-4)12-10-6-2/h13-15,18-19H,5-12,16-17,25H2,1-4H3. The quantitative estimate of drug-likeness (QED) is 0.253. The summed E-state index contributed by atoms with van der Waals surface area (Å²) in [4.78, 5) is 25.8. The zero-order valence-corrected chi connectivity index (χ0v) is 19.9. The lowest BCUT2D eigenvalue weighted by Crippen LogP contribution is -2.16. The lowest BCUT2D eigenvalue weighted by molar-refractivity contribution is 0.0425. The third-order valence-corrected chi connectivity index (χ3v) is 6.01. The average molecular weight is 438 g/mol.